The molecule has 0 aliphatic heterocycles. The number of benzene rings is 2. The first kappa shape index (κ1) is 20.5. The number of aryl methyl sites for hydroxylation is 1. The van der Waals surface area contributed by atoms with Gasteiger partial charge < -0.3 is 9.84 Å². The van der Waals surface area contributed by atoms with Crippen molar-refractivity contribution >= 4 is 38.6 Å². The maximum Gasteiger partial charge on any atom is 0.279 e. The molecular weight excluding hydrogens is 436 g/mol. The largest absolute Gasteiger partial charge is 0.511 e. The molecular formula is C26H24N2O4S. The van der Waals surface area contributed by atoms with Crippen LogP contribution in [-0.4, -0.2) is 15.9 Å². The van der Waals surface area contributed by atoms with E-state index in [1.54, 1.807) is 18.2 Å². The van der Waals surface area contributed by atoms with Gasteiger partial charge in [0.05, 0.1) is 15.8 Å². The SMILES string of the molecule is CCc1ccc(Oc2nc3ccc(N=O)cc3s2)cc1C1=C(O)C2C3CCC(CC3)C2C1=O. The summed E-state index contributed by atoms with van der Waals surface area (Å²) in [5, 5.41) is 14.7. The highest BCUT2D eigenvalue weighted by Crippen LogP contribution is 2.57. The molecule has 4 aliphatic rings. The van der Waals surface area contributed by atoms with Crippen LogP contribution >= 0.6 is 11.3 Å². The number of carbonyl (C=O) groups excluding carboxylic acids is 1. The summed E-state index contributed by atoms with van der Waals surface area (Å²) in [4.78, 5) is 28.9. The summed E-state index contributed by atoms with van der Waals surface area (Å²) < 4.78 is 6.88. The highest BCUT2D eigenvalue weighted by Gasteiger charge is 2.54. The molecule has 0 saturated heterocycles. The molecule has 2 bridgehead atoms. The molecule has 2 aromatic carbocycles. The summed E-state index contributed by atoms with van der Waals surface area (Å²) >= 11 is 1.34. The minimum absolute atomic E-state index is 0.0147. The average Bonchev–Trinajstić information content (AvgIpc) is 3.37. The van der Waals surface area contributed by atoms with Gasteiger partial charge in [0, 0.05) is 11.8 Å². The van der Waals surface area contributed by atoms with Crippen molar-refractivity contribution in [1.29, 1.82) is 0 Å². The number of carbonyl (C=O) groups is 1. The molecule has 0 radical (unpaired) electrons. The van der Waals surface area contributed by atoms with Gasteiger partial charge in [0.25, 0.3) is 5.19 Å². The smallest absolute Gasteiger partial charge is 0.279 e. The summed E-state index contributed by atoms with van der Waals surface area (Å²) in [5.41, 5.74) is 3.38. The van der Waals surface area contributed by atoms with Gasteiger partial charge in [0.1, 0.15) is 17.2 Å². The first-order valence-corrected chi connectivity index (χ1v) is 12.4. The van der Waals surface area contributed by atoms with Crippen molar-refractivity contribution in [2.75, 3.05) is 0 Å². The molecule has 1 N–H and O–H groups in total. The minimum atomic E-state index is -0.0633. The lowest BCUT2D eigenvalue weighted by atomic mass is 9.59. The van der Waals surface area contributed by atoms with E-state index in [1.165, 1.54) is 11.3 Å². The monoisotopic (exact) mass is 460 g/mol. The molecule has 7 rings (SSSR count). The van der Waals surface area contributed by atoms with Gasteiger partial charge in [-0.15, -0.1) is 4.91 Å². The highest BCUT2D eigenvalue weighted by atomic mass is 32.1. The van der Waals surface area contributed by atoms with E-state index in [0.29, 0.717) is 39.8 Å². The lowest BCUT2D eigenvalue weighted by molar-refractivity contribution is -0.123. The molecule has 3 fully saturated rings. The molecule has 3 aromatic rings. The van der Waals surface area contributed by atoms with E-state index in [2.05, 4.69) is 17.1 Å². The van der Waals surface area contributed by atoms with Crippen LogP contribution in [0.4, 0.5) is 5.69 Å². The number of ketones is 1. The van der Waals surface area contributed by atoms with E-state index in [9.17, 15) is 14.8 Å². The van der Waals surface area contributed by atoms with Crippen molar-refractivity contribution in [2.45, 2.75) is 39.0 Å². The molecule has 3 saturated carbocycles. The number of Topliss-reactive ketones (excluding diaryl/α,β-unsaturated/α-hetero) is 1. The van der Waals surface area contributed by atoms with Crippen molar-refractivity contribution in [1.82, 2.24) is 4.98 Å². The fraction of sp³-hybridized carbons (Fsp3) is 0.385. The summed E-state index contributed by atoms with van der Waals surface area (Å²) in [6.07, 6.45) is 5.17. The number of allylic oxidation sites excluding steroid dienone is 2. The molecule has 1 aromatic heterocycles. The van der Waals surface area contributed by atoms with Crippen LogP contribution in [0, 0.1) is 28.6 Å². The fourth-order valence-electron chi connectivity index (χ4n) is 6.20. The average molecular weight is 461 g/mol. The summed E-state index contributed by atoms with van der Waals surface area (Å²) in [6.45, 7) is 2.05. The maximum absolute atomic E-state index is 13.6. The van der Waals surface area contributed by atoms with Crippen LogP contribution in [0.2, 0.25) is 0 Å². The van der Waals surface area contributed by atoms with Gasteiger partial charge in [-0.05, 0) is 90.6 Å². The van der Waals surface area contributed by atoms with Gasteiger partial charge in [-0.3, -0.25) is 4.79 Å². The summed E-state index contributed by atoms with van der Waals surface area (Å²) in [7, 11) is 0. The van der Waals surface area contributed by atoms with Crippen LogP contribution in [0.5, 0.6) is 10.9 Å². The fourth-order valence-corrected chi connectivity index (χ4v) is 7.07. The third kappa shape index (κ3) is 3.21. The number of nitrogens with zero attached hydrogens (tertiary/aromatic N) is 2. The Balaban J connectivity index is 1.37. The van der Waals surface area contributed by atoms with Gasteiger partial charge in [0.15, 0.2) is 5.78 Å². The van der Waals surface area contributed by atoms with Crippen LogP contribution in [0.25, 0.3) is 15.8 Å². The van der Waals surface area contributed by atoms with Gasteiger partial charge in [-0.25, -0.2) is 4.98 Å². The standard InChI is InChI=1S/C26H24N2O4S/c1-2-13-7-9-17(32-26-27-19-10-8-16(28-31)11-20(19)33-26)12-18(13)23-24(29)21-14-3-4-15(6-5-14)22(21)25(23)30/h7-12,14-15,21-22,29H,2-6H2,1H3. The predicted octanol–water partition coefficient (Wildman–Crippen LogP) is 6.95. The Morgan fingerprint density at radius 2 is 1.85 bits per heavy atom. The molecule has 2 unspecified atom stereocenters. The third-order valence-electron chi connectivity index (χ3n) is 7.73. The number of hydrogen-bond donors (Lipinski definition) is 1. The second-order valence-electron chi connectivity index (χ2n) is 9.35. The minimum Gasteiger partial charge on any atom is -0.511 e. The molecule has 1 heterocycles. The number of nitroso groups, excluding NO2 is 1. The van der Waals surface area contributed by atoms with Crippen molar-refractivity contribution < 1.29 is 14.6 Å². The number of aromatic nitrogens is 1. The van der Waals surface area contributed by atoms with Crippen LogP contribution in [0.3, 0.4) is 0 Å². The van der Waals surface area contributed by atoms with Crippen LogP contribution in [0.1, 0.15) is 43.7 Å². The Morgan fingerprint density at radius 3 is 2.55 bits per heavy atom. The molecule has 7 heteroatoms. The quantitative estimate of drug-likeness (QED) is 0.416. The Morgan fingerprint density at radius 1 is 1.09 bits per heavy atom. The zero-order chi connectivity index (χ0) is 22.7. The number of ether oxygens (including phenoxy) is 1. The summed E-state index contributed by atoms with van der Waals surface area (Å²) in [6, 6.07) is 10.8. The predicted molar refractivity (Wildman–Crippen MR) is 128 cm³/mol. The Labute approximate surface area is 195 Å². The number of fused-ring (bicyclic) bond motifs is 3. The Kier molecular flexibility index (Phi) is 4.83. The Bertz CT molecular complexity index is 1320. The third-order valence-corrected chi connectivity index (χ3v) is 8.63. The second kappa shape index (κ2) is 7.76. The molecule has 168 valence electrons. The second-order valence-corrected chi connectivity index (χ2v) is 10.3. The maximum atomic E-state index is 13.6. The van der Waals surface area contributed by atoms with E-state index in [0.717, 1.165) is 53.4 Å². The summed E-state index contributed by atoms with van der Waals surface area (Å²) in [5.74, 6) is 1.70. The molecule has 0 spiro atoms. The first-order valence-electron chi connectivity index (χ1n) is 11.6. The molecule has 6 nitrogen and oxygen atoms in total. The van der Waals surface area contributed by atoms with Gasteiger partial charge in [-0.2, -0.15) is 0 Å². The van der Waals surface area contributed by atoms with E-state index >= 15 is 0 Å². The van der Waals surface area contributed by atoms with Crippen LogP contribution in [0.15, 0.2) is 47.3 Å². The van der Waals surface area contributed by atoms with E-state index in [4.69, 9.17) is 4.74 Å². The van der Waals surface area contributed by atoms with Crippen LogP contribution < -0.4 is 4.74 Å². The molecule has 4 aliphatic carbocycles. The molecule has 33 heavy (non-hydrogen) atoms. The molecule has 2 atom stereocenters. The van der Waals surface area contributed by atoms with Crippen molar-refractivity contribution in [2.24, 2.45) is 28.8 Å². The normalized spacial score (nSPS) is 26.2. The van der Waals surface area contributed by atoms with E-state index in [1.807, 2.05) is 18.2 Å². The lowest BCUT2D eigenvalue weighted by Crippen LogP contribution is -2.41. The molecule has 0 amide bonds. The van der Waals surface area contributed by atoms with Gasteiger partial charge >= 0.3 is 0 Å². The highest BCUT2D eigenvalue weighted by molar-refractivity contribution is 7.20. The zero-order valence-corrected chi connectivity index (χ0v) is 19.1. The lowest BCUT2D eigenvalue weighted by Gasteiger charge is -2.44. The van der Waals surface area contributed by atoms with Crippen molar-refractivity contribution in [3.8, 4) is 10.9 Å². The van der Waals surface area contributed by atoms with E-state index in [-0.39, 0.29) is 17.6 Å². The van der Waals surface area contributed by atoms with E-state index < -0.39 is 0 Å². The van der Waals surface area contributed by atoms with Gasteiger partial charge in [0.2, 0.25) is 0 Å². The van der Waals surface area contributed by atoms with Crippen LogP contribution in [-0.2, 0) is 11.2 Å². The van der Waals surface area contributed by atoms with Crippen molar-refractivity contribution in [3.05, 3.63) is 58.2 Å². The Hall–Kier alpha value is -3.06. The number of aliphatic hydroxyl groups excluding tert-OH is 1. The number of hydrogen-bond acceptors (Lipinski definition) is 7. The number of aliphatic hydroxyl groups is 1. The number of thiazole rings is 1. The van der Waals surface area contributed by atoms with Gasteiger partial charge in [-0.1, -0.05) is 24.3 Å². The van der Waals surface area contributed by atoms with Crippen molar-refractivity contribution in [3.63, 3.8) is 0 Å². The topological polar surface area (TPSA) is 88.8 Å². The zero-order valence-electron chi connectivity index (χ0n) is 18.3. The number of rotatable bonds is 5. The first-order chi connectivity index (χ1) is 16.1.